The molecular weight excluding hydrogens is 276 g/mol. The lowest BCUT2D eigenvalue weighted by molar-refractivity contribution is 0.188. The molecule has 0 radical (unpaired) electrons. The molecule has 1 aromatic carbocycles. The zero-order valence-electron chi connectivity index (χ0n) is 11.9. The minimum atomic E-state index is -3.39. The summed E-state index contributed by atoms with van der Waals surface area (Å²) in [6, 6.07) is 9.01. The van der Waals surface area contributed by atoms with Crippen molar-refractivity contribution in [1.82, 2.24) is 9.21 Å². The van der Waals surface area contributed by atoms with E-state index >= 15 is 0 Å². The van der Waals surface area contributed by atoms with Crippen LogP contribution < -0.4 is 0 Å². The van der Waals surface area contributed by atoms with Crippen LogP contribution in [0.2, 0.25) is 0 Å². The van der Waals surface area contributed by atoms with Gasteiger partial charge in [0.25, 0.3) is 0 Å². The summed E-state index contributed by atoms with van der Waals surface area (Å²) >= 11 is 0. The third-order valence-electron chi connectivity index (χ3n) is 3.47. The summed E-state index contributed by atoms with van der Waals surface area (Å²) in [6.07, 6.45) is -0.0582. The third-order valence-corrected chi connectivity index (χ3v) is 5.33. The van der Waals surface area contributed by atoms with E-state index in [1.807, 2.05) is 49.3 Å². The van der Waals surface area contributed by atoms with Crippen molar-refractivity contribution in [3.8, 4) is 0 Å². The molecule has 1 aliphatic heterocycles. The van der Waals surface area contributed by atoms with Crippen LogP contribution in [0.25, 0.3) is 0 Å². The van der Waals surface area contributed by atoms with Gasteiger partial charge in [0.05, 0.1) is 11.9 Å². The molecule has 0 bridgehead atoms. The minimum absolute atomic E-state index is 0.00944. The molecule has 2 atom stereocenters. The van der Waals surface area contributed by atoms with E-state index in [1.165, 1.54) is 4.31 Å². The Hall–Kier alpha value is -0.950. The molecule has 20 heavy (non-hydrogen) atoms. The average molecular weight is 298 g/mol. The molecule has 0 saturated carbocycles. The summed E-state index contributed by atoms with van der Waals surface area (Å²) in [6.45, 7) is 0.832. The van der Waals surface area contributed by atoms with Crippen molar-refractivity contribution in [2.24, 2.45) is 0 Å². The van der Waals surface area contributed by atoms with Gasteiger partial charge in [0.15, 0.2) is 0 Å². The lowest BCUT2D eigenvalue weighted by Crippen LogP contribution is -2.41. The zero-order chi connectivity index (χ0) is 14.8. The number of rotatable bonds is 5. The number of hydrogen-bond donors (Lipinski definition) is 1. The first-order chi connectivity index (χ1) is 9.38. The molecule has 2 rings (SSSR count). The number of aliphatic hydroxyl groups excluding tert-OH is 1. The third kappa shape index (κ3) is 3.79. The molecule has 6 heteroatoms. The van der Waals surface area contributed by atoms with Gasteiger partial charge in [0, 0.05) is 19.1 Å². The molecule has 1 heterocycles. The van der Waals surface area contributed by atoms with Crippen molar-refractivity contribution < 1.29 is 13.5 Å². The topological polar surface area (TPSA) is 60.9 Å². The van der Waals surface area contributed by atoms with Crippen LogP contribution in [0.15, 0.2) is 30.3 Å². The van der Waals surface area contributed by atoms with Crippen LogP contribution in [-0.2, 0) is 15.8 Å². The summed E-state index contributed by atoms with van der Waals surface area (Å²) in [7, 11) is 0.425. The number of aliphatic hydroxyl groups is 1. The summed E-state index contributed by atoms with van der Waals surface area (Å²) in [5.41, 5.74) is 0.775. The molecule has 1 aromatic rings. The van der Waals surface area contributed by atoms with E-state index in [9.17, 15) is 13.5 Å². The second-order valence-electron chi connectivity index (χ2n) is 5.62. The Balaban J connectivity index is 2.15. The summed E-state index contributed by atoms with van der Waals surface area (Å²) in [5.74, 6) is -0.00944. The maximum Gasteiger partial charge on any atom is 0.218 e. The van der Waals surface area contributed by atoms with E-state index < -0.39 is 16.1 Å². The maximum atomic E-state index is 12.5. The van der Waals surface area contributed by atoms with Crippen molar-refractivity contribution in [2.75, 3.05) is 27.2 Å². The Morgan fingerprint density at radius 2 is 1.95 bits per heavy atom. The van der Waals surface area contributed by atoms with Gasteiger partial charge in [-0.25, -0.2) is 8.42 Å². The number of sulfonamides is 1. The fourth-order valence-electron chi connectivity index (χ4n) is 2.66. The van der Waals surface area contributed by atoms with Crippen LogP contribution in [0.3, 0.4) is 0 Å². The van der Waals surface area contributed by atoms with Crippen molar-refractivity contribution in [3.05, 3.63) is 35.9 Å². The SMILES string of the molecule is CN(C)CC1CC(O)CN1S(=O)(=O)Cc1ccccc1. The molecule has 0 aliphatic carbocycles. The van der Waals surface area contributed by atoms with E-state index in [0.717, 1.165) is 5.56 Å². The van der Waals surface area contributed by atoms with Gasteiger partial charge in [0.2, 0.25) is 10.0 Å². The highest BCUT2D eigenvalue weighted by atomic mass is 32.2. The number of benzene rings is 1. The largest absolute Gasteiger partial charge is 0.392 e. The van der Waals surface area contributed by atoms with Gasteiger partial charge >= 0.3 is 0 Å². The predicted octanol–water partition coefficient (Wildman–Crippen LogP) is 0.513. The highest BCUT2D eigenvalue weighted by molar-refractivity contribution is 7.88. The standard InChI is InChI=1S/C14H22N2O3S/c1-15(2)9-13-8-14(17)10-16(13)20(18,19)11-12-6-4-3-5-7-12/h3-7,13-14,17H,8-11H2,1-2H3. The van der Waals surface area contributed by atoms with Gasteiger partial charge in [-0.2, -0.15) is 4.31 Å². The number of β-amino-alcohol motifs (C(OH)–C–C–N with tert-alkyl or cyclic N) is 1. The van der Waals surface area contributed by atoms with E-state index in [4.69, 9.17) is 0 Å². The van der Waals surface area contributed by atoms with Gasteiger partial charge in [-0.15, -0.1) is 0 Å². The van der Waals surface area contributed by atoms with E-state index in [2.05, 4.69) is 0 Å². The Morgan fingerprint density at radius 1 is 1.30 bits per heavy atom. The Kier molecular flexibility index (Phi) is 4.80. The van der Waals surface area contributed by atoms with Crippen LogP contribution in [-0.4, -0.2) is 62.1 Å². The van der Waals surface area contributed by atoms with Gasteiger partial charge < -0.3 is 10.0 Å². The lowest BCUT2D eigenvalue weighted by atomic mass is 10.2. The normalized spacial score (nSPS) is 24.4. The first-order valence-corrected chi connectivity index (χ1v) is 8.35. The molecule has 2 unspecified atom stereocenters. The predicted molar refractivity (Wildman–Crippen MR) is 78.7 cm³/mol. The maximum absolute atomic E-state index is 12.5. The van der Waals surface area contributed by atoms with Crippen molar-refractivity contribution in [1.29, 1.82) is 0 Å². The Labute approximate surface area is 120 Å². The second-order valence-corrected chi connectivity index (χ2v) is 7.54. The van der Waals surface area contributed by atoms with Gasteiger partial charge in [-0.1, -0.05) is 30.3 Å². The number of nitrogens with zero attached hydrogens (tertiary/aromatic N) is 2. The molecule has 0 amide bonds. The Bertz CT molecular complexity index is 531. The van der Waals surface area contributed by atoms with Crippen LogP contribution in [0.1, 0.15) is 12.0 Å². The molecule has 1 N–H and O–H groups in total. The van der Waals surface area contributed by atoms with E-state index in [-0.39, 0.29) is 18.3 Å². The summed E-state index contributed by atoms with van der Waals surface area (Å²) in [5, 5.41) is 9.79. The Morgan fingerprint density at radius 3 is 2.55 bits per heavy atom. The minimum Gasteiger partial charge on any atom is -0.392 e. The van der Waals surface area contributed by atoms with Crippen molar-refractivity contribution in [2.45, 2.75) is 24.3 Å². The van der Waals surface area contributed by atoms with Gasteiger partial charge in [-0.3, -0.25) is 0 Å². The second kappa shape index (κ2) is 6.22. The van der Waals surface area contributed by atoms with Crippen LogP contribution in [0.4, 0.5) is 0 Å². The molecule has 1 fully saturated rings. The monoisotopic (exact) mass is 298 g/mol. The lowest BCUT2D eigenvalue weighted by Gasteiger charge is -2.26. The first kappa shape index (κ1) is 15.4. The van der Waals surface area contributed by atoms with E-state index in [1.54, 1.807) is 0 Å². The summed E-state index contributed by atoms with van der Waals surface area (Å²) < 4.78 is 26.5. The zero-order valence-corrected chi connectivity index (χ0v) is 12.8. The first-order valence-electron chi connectivity index (χ1n) is 6.75. The fraction of sp³-hybridized carbons (Fsp3) is 0.571. The highest BCUT2D eigenvalue weighted by Crippen LogP contribution is 2.24. The molecule has 5 nitrogen and oxygen atoms in total. The fourth-order valence-corrected chi connectivity index (χ4v) is 4.44. The van der Waals surface area contributed by atoms with Crippen LogP contribution in [0.5, 0.6) is 0 Å². The smallest absolute Gasteiger partial charge is 0.218 e. The van der Waals surface area contributed by atoms with Gasteiger partial charge in [-0.05, 0) is 26.1 Å². The molecule has 0 spiro atoms. The van der Waals surface area contributed by atoms with E-state index in [0.29, 0.717) is 13.0 Å². The number of hydrogen-bond acceptors (Lipinski definition) is 4. The molecule has 0 aromatic heterocycles. The quantitative estimate of drug-likeness (QED) is 0.860. The summed E-state index contributed by atoms with van der Waals surface area (Å²) in [4.78, 5) is 1.95. The van der Waals surface area contributed by atoms with Gasteiger partial charge in [0.1, 0.15) is 0 Å². The van der Waals surface area contributed by atoms with Crippen molar-refractivity contribution >= 4 is 10.0 Å². The average Bonchev–Trinajstić information content (AvgIpc) is 2.71. The number of likely N-dealkylation sites (N-methyl/N-ethyl adjacent to an activating group) is 1. The molecule has 1 saturated heterocycles. The molecular formula is C14H22N2O3S. The molecule has 1 aliphatic rings. The highest BCUT2D eigenvalue weighted by Gasteiger charge is 2.38. The van der Waals surface area contributed by atoms with Crippen LogP contribution in [0, 0.1) is 0 Å². The molecule has 112 valence electrons. The van der Waals surface area contributed by atoms with Crippen molar-refractivity contribution in [3.63, 3.8) is 0 Å². The van der Waals surface area contributed by atoms with Crippen LogP contribution >= 0.6 is 0 Å².